The Kier molecular flexibility index (Phi) is 3.87. The Bertz CT molecular complexity index is 1100. The second kappa shape index (κ2) is 6.42. The van der Waals surface area contributed by atoms with Crippen LogP contribution >= 0.6 is 0 Å². The van der Waals surface area contributed by atoms with Crippen LogP contribution < -0.4 is 10.7 Å². The summed E-state index contributed by atoms with van der Waals surface area (Å²) in [5.41, 5.74) is 6.85. The fourth-order valence-electron chi connectivity index (χ4n) is 4.13. The van der Waals surface area contributed by atoms with Gasteiger partial charge in [0.2, 0.25) is 0 Å². The van der Waals surface area contributed by atoms with Crippen LogP contribution in [-0.2, 0) is 4.79 Å². The molecule has 0 spiro atoms. The van der Waals surface area contributed by atoms with E-state index in [2.05, 4.69) is 15.7 Å². The number of fused-ring (bicyclic) bond motifs is 2. The number of hydrazine groups is 1. The number of nitrogens with one attached hydrogen (secondary N) is 2. The number of pyridine rings is 1. The molecule has 5 rings (SSSR count). The number of rotatable bonds is 2. The molecule has 1 fully saturated rings. The SMILES string of the molecule is CC1NN2C(=O)C=C(c3ccc4ncccc4c3)NC2C1c1ccc(F)cc1. The van der Waals surface area contributed by atoms with Gasteiger partial charge in [-0.3, -0.25) is 14.8 Å². The highest BCUT2D eigenvalue weighted by Crippen LogP contribution is 2.35. The number of amides is 1. The van der Waals surface area contributed by atoms with Gasteiger partial charge in [0.25, 0.3) is 5.91 Å². The minimum atomic E-state index is -0.266. The van der Waals surface area contributed by atoms with Crippen LogP contribution in [0.4, 0.5) is 4.39 Å². The molecule has 3 aromatic rings. The molecule has 0 aliphatic carbocycles. The van der Waals surface area contributed by atoms with Gasteiger partial charge in [0.05, 0.1) is 5.52 Å². The third kappa shape index (κ3) is 2.73. The molecule has 2 aliphatic heterocycles. The van der Waals surface area contributed by atoms with Gasteiger partial charge < -0.3 is 5.32 Å². The van der Waals surface area contributed by atoms with Gasteiger partial charge in [-0.15, -0.1) is 0 Å². The Morgan fingerprint density at radius 2 is 1.93 bits per heavy atom. The van der Waals surface area contributed by atoms with Gasteiger partial charge in [-0.05, 0) is 48.4 Å². The lowest BCUT2D eigenvalue weighted by Gasteiger charge is -2.33. The van der Waals surface area contributed by atoms with Crippen LogP contribution in [0, 0.1) is 5.82 Å². The molecule has 0 bridgehead atoms. The van der Waals surface area contributed by atoms with Crippen LogP contribution in [0.3, 0.4) is 0 Å². The second-order valence-corrected chi connectivity index (χ2v) is 7.26. The summed E-state index contributed by atoms with van der Waals surface area (Å²) in [7, 11) is 0. The average Bonchev–Trinajstić information content (AvgIpc) is 3.05. The Hall–Kier alpha value is -3.25. The number of carbonyl (C=O) groups excluding carboxylic acids is 1. The minimum Gasteiger partial charge on any atom is -0.363 e. The zero-order chi connectivity index (χ0) is 19.3. The summed E-state index contributed by atoms with van der Waals surface area (Å²) < 4.78 is 13.4. The van der Waals surface area contributed by atoms with Gasteiger partial charge in [-0.2, -0.15) is 0 Å². The van der Waals surface area contributed by atoms with E-state index in [0.29, 0.717) is 0 Å². The van der Waals surface area contributed by atoms with E-state index in [1.165, 1.54) is 12.1 Å². The van der Waals surface area contributed by atoms with Crippen molar-refractivity contribution in [1.29, 1.82) is 0 Å². The maximum Gasteiger partial charge on any atom is 0.264 e. The van der Waals surface area contributed by atoms with E-state index >= 15 is 0 Å². The first-order valence-electron chi connectivity index (χ1n) is 9.28. The molecule has 1 aromatic heterocycles. The Morgan fingerprint density at radius 3 is 2.75 bits per heavy atom. The summed E-state index contributed by atoms with van der Waals surface area (Å²) in [4.78, 5) is 17.1. The predicted molar refractivity (Wildman–Crippen MR) is 105 cm³/mol. The van der Waals surface area contributed by atoms with Crippen molar-refractivity contribution < 1.29 is 9.18 Å². The number of halogens is 1. The number of aromatic nitrogens is 1. The summed E-state index contributed by atoms with van der Waals surface area (Å²) in [5.74, 6) is -0.367. The first-order chi connectivity index (χ1) is 13.6. The quantitative estimate of drug-likeness (QED) is 0.724. The van der Waals surface area contributed by atoms with Crippen LogP contribution in [0.2, 0.25) is 0 Å². The summed E-state index contributed by atoms with van der Waals surface area (Å²) >= 11 is 0. The third-order valence-corrected chi connectivity index (χ3v) is 5.48. The van der Waals surface area contributed by atoms with E-state index in [4.69, 9.17) is 0 Å². The second-order valence-electron chi connectivity index (χ2n) is 7.26. The molecule has 2 aliphatic rings. The first-order valence-corrected chi connectivity index (χ1v) is 9.28. The zero-order valence-electron chi connectivity index (χ0n) is 15.3. The van der Waals surface area contributed by atoms with E-state index in [-0.39, 0.29) is 29.8 Å². The molecule has 0 radical (unpaired) electrons. The van der Waals surface area contributed by atoms with Crippen LogP contribution in [0.5, 0.6) is 0 Å². The van der Waals surface area contributed by atoms with Crippen molar-refractivity contribution in [2.24, 2.45) is 0 Å². The lowest BCUT2D eigenvalue weighted by molar-refractivity contribution is -0.130. The summed E-state index contributed by atoms with van der Waals surface area (Å²) in [6.45, 7) is 2.03. The number of hydrogen-bond donors (Lipinski definition) is 2. The highest BCUT2D eigenvalue weighted by molar-refractivity contribution is 5.97. The maximum absolute atomic E-state index is 13.4. The van der Waals surface area contributed by atoms with Gasteiger partial charge in [0, 0.05) is 35.3 Å². The van der Waals surface area contributed by atoms with E-state index < -0.39 is 0 Å². The third-order valence-electron chi connectivity index (χ3n) is 5.48. The van der Waals surface area contributed by atoms with E-state index in [0.717, 1.165) is 27.7 Å². The first kappa shape index (κ1) is 16.9. The monoisotopic (exact) mass is 374 g/mol. The normalized spacial score (nSPS) is 24.1. The molecule has 3 heterocycles. The number of benzene rings is 2. The fourth-order valence-corrected chi connectivity index (χ4v) is 4.13. The van der Waals surface area contributed by atoms with Crippen LogP contribution in [0.25, 0.3) is 16.6 Å². The van der Waals surface area contributed by atoms with Crippen molar-refractivity contribution >= 4 is 22.5 Å². The molecule has 3 atom stereocenters. The largest absolute Gasteiger partial charge is 0.363 e. The molecule has 2 N–H and O–H groups in total. The topological polar surface area (TPSA) is 57.3 Å². The van der Waals surface area contributed by atoms with Crippen molar-refractivity contribution in [3.8, 4) is 0 Å². The predicted octanol–water partition coefficient (Wildman–Crippen LogP) is 3.16. The van der Waals surface area contributed by atoms with Gasteiger partial charge >= 0.3 is 0 Å². The number of carbonyl (C=O) groups is 1. The molecule has 6 heteroatoms. The summed E-state index contributed by atoms with van der Waals surface area (Å²) in [5, 5.41) is 6.16. The van der Waals surface area contributed by atoms with Gasteiger partial charge in [0.15, 0.2) is 0 Å². The zero-order valence-corrected chi connectivity index (χ0v) is 15.3. The molecule has 2 aromatic carbocycles. The van der Waals surface area contributed by atoms with Crippen LogP contribution in [0.15, 0.2) is 66.9 Å². The molecular formula is C22H19FN4O. The highest BCUT2D eigenvalue weighted by Gasteiger charge is 2.44. The van der Waals surface area contributed by atoms with E-state index in [9.17, 15) is 9.18 Å². The molecule has 1 saturated heterocycles. The van der Waals surface area contributed by atoms with Gasteiger partial charge in [0.1, 0.15) is 12.0 Å². The van der Waals surface area contributed by atoms with Crippen LogP contribution in [0.1, 0.15) is 24.0 Å². The van der Waals surface area contributed by atoms with Crippen molar-refractivity contribution in [2.45, 2.75) is 25.0 Å². The molecule has 0 saturated carbocycles. The molecule has 140 valence electrons. The standard InChI is InChI=1S/C22H19FN4O/c1-13-21(14-4-7-17(23)8-5-14)22-25-19(12-20(28)27(22)26-13)16-6-9-18-15(11-16)3-2-10-24-18/h2-13,21-22,25-26H,1H3. The average molecular weight is 374 g/mol. The van der Waals surface area contributed by atoms with Crippen molar-refractivity contribution in [3.63, 3.8) is 0 Å². The van der Waals surface area contributed by atoms with E-state index in [1.807, 2.05) is 37.3 Å². The number of hydrogen-bond acceptors (Lipinski definition) is 4. The lowest BCUT2D eigenvalue weighted by Crippen LogP contribution is -2.52. The minimum absolute atomic E-state index is 0.00428. The molecule has 28 heavy (non-hydrogen) atoms. The van der Waals surface area contributed by atoms with Gasteiger partial charge in [-0.25, -0.2) is 9.82 Å². The molecule has 5 nitrogen and oxygen atoms in total. The smallest absolute Gasteiger partial charge is 0.264 e. The maximum atomic E-state index is 13.4. The van der Waals surface area contributed by atoms with Crippen LogP contribution in [-0.4, -0.2) is 28.1 Å². The lowest BCUT2D eigenvalue weighted by atomic mass is 9.90. The van der Waals surface area contributed by atoms with Gasteiger partial charge in [-0.1, -0.05) is 24.3 Å². The van der Waals surface area contributed by atoms with Crippen molar-refractivity contribution in [2.75, 3.05) is 0 Å². The highest BCUT2D eigenvalue weighted by atomic mass is 19.1. The summed E-state index contributed by atoms with van der Waals surface area (Å²) in [6, 6.07) is 16.4. The summed E-state index contributed by atoms with van der Waals surface area (Å²) in [6.07, 6.45) is 3.12. The number of nitrogens with zero attached hydrogens (tertiary/aromatic N) is 2. The van der Waals surface area contributed by atoms with Crippen molar-refractivity contribution in [1.82, 2.24) is 20.7 Å². The molecular weight excluding hydrogens is 355 g/mol. The Balaban J connectivity index is 1.51. The molecule has 3 unspecified atom stereocenters. The van der Waals surface area contributed by atoms with E-state index in [1.54, 1.807) is 29.4 Å². The Labute approximate surface area is 161 Å². The fraction of sp³-hybridized carbons (Fsp3) is 0.182. The van der Waals surface area contributed by atoms with Crippen molar-refractivity contribution in [3.05, 3.63) is 83.8 Å². The molecule has 1 amide bonds. The Morgan fingerprint density at radius 1 is 1.11 bits per heavy atom.